The average molecular weight is 317 g/mol. The van der Waals surface area contributed by atoms with Gasteiger partial charge in [0.1, 0.15) is 5.52 Å². The van der Waals surface area contributed by atoms with E-state index in [0.717, 1.165) is 29.8 Å². The zero-order valence-electron chi connectivity index (χ0n) is 13.5. The van der Waals surface area contributed by atoms with E-state index in [1.807, 2.05) is 26.0 Å². The van der Waals surface area contributed by atoms with Crippen molar-refractivity contribution in [2.24, 2.45) is 5.92 Å². The third-order valence-corrected chi connectivity index (χ3v) is 4.15. The average Bonchev–Trinajstić information content (AvgIpc) is 3.26. The summed E-state index contributed by atoms with van der Waals surface area (Å²) in [5.74, 6) is 1.52. The zero-order chi connectivity index (χ0) is 16.4. The first-order valence-corrected chi connectivity index (χ1v) is 8.15. The lowest BCUT2D eigenvalue weighted by Crippen LogP contribution is -2.41. The Kier molecular flexibility index (Phi) is 4.52. The number of aliphatic hydroxyl groups is 1. The van der Waals surface area contributed by atoms with Gasteiger partial charge in [0, 0.05) is 24.3 Å². The Bertz CT molecular complexity index is 691. The van der Waals surface area contributed by atoms with Gasteiger partial charge < -0.3 is 20.2 Å². The van der Waals surface area contributed by atoms with E-state index in [0.29, 0.717) is 18.0 Å². The lowest BCUT2D eigenvalue weighted by molar-refractivity contribution is 0.227. The maximum absolute atomic E-state index is 12.1. The van der Waals surface area contributed by atoms with Gasteiger partial charge in [0.05, 0.1) is 0 Å². The lowest BCUT2D eigenvalue weighted by atomic mass is 10.0. The summed E-state index contributed by atoms with van der Waals surface area (Å²) in [6, 6.07) is 5.12. The van der Waals surface area contributed by atoms with E-state index in [1.54, 1.807) is 6.07 Å². The molecule has 1 saturated carbocycles. The highest BCUT2D eigenvalue weighted by molar-refractivity contribution is 5.91. The predicted molar refractivity (Wildman–Crippen MR) is 88.5 cm³/mol. The molecule has 0 bridgehead atoms. The van der Waals surface area contributed by atoms with Gasteiger partial charge in [-0.15, -0.1) is 0 Å². The molecule has 3 rings (SSSR count). The first-order valence-electron chi connectivity index (χ1n) is 8.15. The number of oxazole rings is 1. The summed E-state index contributed by atoms with van der Waals surface area (Å²) in [6.45, 7) is 4.08. The minimum atomic E-state index is -0.276. The van der Waals surface area contributed by atoms with Gasteiger partial charge in [-0.05, 0) is 43.4 Å². The number of hydrogen-bond acceptors (Lipinski definition) is 4. The van der Waals surface area contributed by atoms with E-state index in [4.69, 9.17) is 9.52 Å². The number of carbonyl (C=O) groups is 1. The summed E-state index contributed by atoms with van der Waals surface area (Å²) >= 11 is 0. The second-order valence-corrected chi connectivity index (χ2v) is 6.47. The molecule has 1 aromatic heterocycles. The van der Waals surface area contributed by atoms with Crippen molar-refractivity contribution in [3.8, 4) is 0 Å². The van der Waals surface area contributed by atoms with Crippen LogP contribution >= 0.6 is 0 Å². The number of urea groups is 1. The summed E-state index contributed by atoms with van der Waals surface area (Å²) in [4.78, 5) is 16.6. The number of rotatable bonds is 6. The van der Waals surface area contributed by atoms with Crippen LogP contribution in [0.1, 0.15) is 44.9 Å². The first-order chi connectivity index (χ1) is 11.1. The molecule has 3 N–H and O–H groups in total. The standard InChI is InChI=1S/C17H23N3O3/c1-10(2)13(7-8-21)20-17(22)18-12-5-6-15-14(9-12)19-16(23-15)11-3-4-11/h5-6,9-11,13,21H,3-4,7-8H2,1-2H3,(H2,18,20,22). The van der Waals surface area contributed by atoms with Crippen LogP contribution in [0.15, 0.2) is 22.6 Å². The molecule has 1 aliphatic carbocycles. The molecule has 1 aliphatic rings. The van der Waals surface area contributed by atoms with Crippen LogP contribution in [0.4, 0.5) is 10.5 Å². The normalized spacial score (nSPS) is 15.8. The molecule has 124 valence electrons. The highest BCUT2D eigenvalue weighted by atomic mass is 16.3. The van der Waals surface area contributed by atoms with Crippen LogP contribution in [0.2, 0.25) is 0 Å². The van der Waals surface area contributed by atoms with E-state index in [1.165, 1.54) is 0 Å². The SMILES string of the molecule is CC(C)C(CCO)NC(=O)Nc1ccc2oc(C3CC3)nc2c1. The van der Waals surface area contributed by atoms with Gasteiger partial charge in [-0.25, -0.2) is 9.78 Å². The minimum Gasteiger partial charge on any atom is -0.440 e. The van der Waals surface area contributed by atoms with Crippen LogP contribution in [0.5, 0.6) is 0 Å². The monoisotopic (exact) mass is 317 g/mol. The van der Waals surface area contributed by atoms with Crippen LogP contribution in [0, 0.1) is 5.92 Å². The second kappa shape index (κ2) is 6.58. The summed E-state index contributed by atoms with van der Waals surface area (Å²) in [5, 5.41) is 14.8. The molecule has 1 aromatic carbocycles. The number of fused-ring (bicyclic) bond motifs is 1. The molecule has 1 fully saturated rings. The van der Waals surface area contributed by atoms with Crippen molar-refractivity contribution in [3.63, 3.8) is 0 Å². The molecule has 23 heavy (non-hydrogen) atoms. The second-order valence-electron chi connectivity index (χ2n) is 6.47. The van der Waals surface area contributed by atoms with E-state index in [2.05, 4.69) is 15.6 Å². The molecule has 2 aromatic rings. The molecule has 0 saturated heterocycles. The topological polar surface area (TPSA) is 87.4 Å². The number of anilines is 1. The summed E-state index contributed by atoms with van der Waals surface area (Å²) in [7, 11) is 0. The molecule has 1 heterocycles. The minimum absolute atomic E-state index is 0.0535. The third kappa shape index (κ3) is 3.82. The molecule has 0 aliphatic heterocycles. The number of nitrogens with one attached hydrogen (secondary N) is 2. The number of aromatic nitrogens is 1. The van der Waals surface area contributed by atoms with Gasteiger partial charge in [-0.2, -0.15) is 0 Å². The van der Waals surface area contributed by atoms with Gasteiger partial charge in [0.2, 0.25) is 0 Å². The Balaban J connectivity index is 1.66. The van der Waals surface area contributed by atoms with Crippen molar-refractivity contribution >= 4 is 22.8 Å². The summed E-state index contributed by atoms with van der Waals surface area (Å²) in [5.41, 5.74) is 2.19. The maximum Gasteiger partial charge on any atom is 0.319 e. The van der Waals surface area contributed by atoms with Crippen molar-refractivity contribution in [1.29, 1.82) is 0 Å². The number of nitrogens with zero attached hydrogens (tertiary/aromatic N) is 1. The quantitative estimate of drug-likeness (QED) is 0.763. The Morgan fingerprint density at radius 3 is 2.87 bits per heavy atom. The van der Waals surface area contributed by atoms with Crippen molar-refractivity contribution in [1.82, 2.24) is 10.3 Å². The summed E-state index contributed by atoms with van der Waals surface area (Å²) < 4.78 is 5.71. The van der Waals surface area contributed by atoms with E-state index in [-0.39, 0.29) is 24.6 Å². The summed E-state index contributed by atoms with van der Waals surface area (Å²) in [6.07, 6.45) is 2.82. The van der Waals surface area contributed by atoms with Crippen molar-refractivity contribution in [2.75, 3.05) is 11.9 Å². The van der Waals surface area contributed by atoms with Gasteiger partial charge in [0.15, 0.2) is 11.5 Å². The molecular formula is C17H23N3O3. The molecule has 1 atom stereocenters. The Morgan fingerprint density at radius 2 is 2.22 bits per heavy atom. The molecule has 1 unspecified atom stereocenters. The van der Waals surface area contributed by atoms with Crippen LogP contribution in [0.25, 0.3) is 11.1 Å². The third-order valence-electron chi connectivity index (χ3n) is 4.15. The number of amides is 2. The number of carbonyl (C=O) groups excluding carboxylic acids is 1. The zero-order valence-corrected chi connectivity index (χ0v) is 13.5. The molecule has 0 spiro atoms. The van der Waals surface area contributed by atoms with Crippen LogP contribution < -0.4 is 10.6 Å². The molecule has 2 amide bonds. The fourth-order valence-electron chi connectivity index (χ4n) is 2.57. The van der Waals surface area contributed by atoms with E-state index >= 15 is 0 Å². The van der Waals surface area contributed by atoms with Crippen LogP contribution in [-0.4, -0.2) is 28.8 Å². The molecule has 6 heteroatoms. The smallest absolute Gasteiger partial charge is 0.319 e. The van der Waals surface area contributed by atoms with Crippen LogP contribution in [0.3, 0.4) is 0 Å². The largest absolute Gasteiger partial charge is 0.440 e. The Morgan fingerprint density at radius 1 is 1.43 bits per heavy atom. The van der Waals surface area contributed by atoms with Crippen molar-refractivity contribution in [2.45, 2.75) is 45.1 Å². The first kappa shape index (κ1) is 15.8. The highest BCUT2D eigenvalue weighted by Gasteiger charge is 2.28. The fourth-order valence-corrected chi connectivity index (χ4v) is 2.57. The lowest BCUT2D eigenvalue weighted by Gasteiger charge is -2.21. The highest BCUT2D eigenvalue weighted by Crippen LogP contribution is 2.40. The fraction of sp³-hybridized carbons (Fsp3) is 0.529. The molecular weight excluding hydrogens is 294 g/mol. The van der Waals surface area contributed by atoms with Gasteiger partial charge in [-0.1, -0.05) is 13.8 Å². The van der Waals surface area contributed by atoms with Crippen molar-refractivity contribution in [3.05, 3.63) is 24.1 Å². The number of benzene rings is 1. The number of aliphatic hydroxyl groups excluding tert-OH is 1. The Hall–Kier alpha value is -2.08. The molecule has 6 nitrogen and oxygen atoms in total. The molecule has 0 radical (unpaired) electrons. The van der Waals surface area contributed by atoms with E-state index in [9.17, 15) is 4.79 Å². The van der Waals surface area contributed by atoms with Crippen LogP contribution in [-0.2, 0) is 0 Å². The number of hydrogen-bond donors (Lipinski definition) is 3. The predicted octanol–water partition coefficient (Wildman–Crippen LogP) is 3.23. The maximum atomic E-state index is 12.1. The Labute approximate surface area is 135 Å². The van der Waals surface area contributed by atoms with Gasteiger partial charge >= 0.3 is 6.03 Å². The van der Waals surface area contributed by atoms with Gasteiger partial charge in [-0.3, -0.25) is 0 Å². The van der Waals surface area contributed by atoms with Crippen molar-refractivity contribution < 1.29 is 14.3 Å². The van der Waals surface area contributed by atoms with E-state index < -0.39 is 0 Å². The van der Waals surface area contributed by atoms with Gasteiger partial charge in [0.25, 0.3) is 0 Å².